The van der Waals surface area contributed by atoms with Gasteiger partial charge in [-0.3, -0.25) is 20.4 Å². The van der Waals surface area contributed by atoms with Crippen molar-refractivity contribution >= 4 is 17.5 Å². The standard InChI is InChI=1S/C11H17N5O2/c1-6-4-8(16-13)7(5-14-6)9(17)15-11(2,3)10(12)18/h4-5H,13H2,1-3H3,(H2,12,18)(H,14,16)(H,15,17). The van der Waals surface area contributed by atoms with E-state index in [-0.39, 0.29) is 5.56 Å². The predicted octanol–water partition coefficient (Wildman–Crippen LogP) is -0.331. The SMILES string of the molecule is Cc1cc(NN)c(C(=O)NC(C)(C)C(N)=O)cn1. The molecule has 1 aromatic heterocycles. The van der Waals surface area contributed by atoms with E-state index in [9.17, 15) is 9.59 Å². The summed E-state index contributed by atoms with van der Waals surface area (Å²) in [5.74, 6) is 4.23. The van der Waals surface area contributed by atoms with E-state index in [0.29, 0.717) is 11.4 Å². The molecule has 0 saturated heterocycles. The van der Waals surface area contributed by atoms with Crippen molar-refractivity contribution in [3.8, 4) is 0 Å². The van der Waals surface area contributed by atoms with Crippen LogP contribution in [-0.2, 0) is 4.79 Å². The number of rotatable bonds is 4. The Morgan fingerprint density at radius 1 is 1.39 bits per heavy atom. The van der Waals surface area contributed by atoms with E-state index >= 15 is 0 Å². The second-order valence-electron chi connectivity index (χ2n) is 4.46. The van der Waals surface area contributed by atoms with Crippen molar-refractivity contribution in [2.24, 2.45) is 11.6 Å². The number of nitrogens with one attached hydrogen (secondary N) is 2. The third-order valence-electron chi connectivity index (χ3n) is 2.48. The van der Waals surface area contributed by atoms with E-state index in [1.165, 1.54) is 20.0 Å². The number of nitrogens with two attached hydrogens (primary N) is 2. The van der Waals surface area contributed by atoms with E-state index in [1.807, 2.05) is 0 Å². The number of amides is 2. The molecule has 0 aliphatic carbocycles. The molecular formula is C11H17N5O2. The van der Waals surface area contributed by atoms with Gasteiger partial charge in [0.25, 0.3) is 5.91 Å². The Morgan fingerprint density at radius 3 is 2.50 bits per heavy atom. The van der Waals surface area contributed by atoms with Gasteiger partial charge in [0.15, 0.2) is 0 Å². The summed E-state index contributed by atoms with van der Waals surface area (Å²) < 4.78 is 0. The Bertz CT molecular complexity index is 484. The van der Waals surface area contributed by atoms with Gasteiger partial charge in [0.1, 0.15) is 5.54 Å². The van der Waals surface area contributed by atoms with Crippen LogP contribution in [0.15, 0.2) is 12.3 Å². The van der Waals surface area contributed by atoms with Crippen LogP contribution in [-0.4, -0.2) is 22.3 Å². The highest BCUT2D eigenvalue weighted by Crippen LogP contribution is 2.15. The van der Waals surface area contributed by atoms with E-state index in [2.05, 4.69) is 15.7 Å². The maximum atomic E-state index is 12.0. The molecule has 6 N–H and O–H groups in total. The van der Waals surface area contributed by atoms with Gasteiger partial charge in [-0.1, -0.05) is 0 Å². The van der Waals surface area contributed by atoms with Crippen molar-refractivity contribution in [3.63, 3.8) is 0 Å². The molecule has 0 spiro atoms. The molecule has 0 saturated carbocycles. The Kier molecular flexibility index (Phi) is 3.87. The Labute approximate surface area is 105 Å². The summed E-state index contributed by atoms with van der Waals surface area (Å²) in [6.07, 6.45) is 1.39. The van der Waals surface area contributed by atoms with Crippen LogP contribution in [0.2, 0.25) is 0 Å². The number of hydrogen-bond donors (Lipinski definition) is 4. The molecule has 1 heterocycles. The molecule has 7 nitrogen and oxygen atoms in total. The summed E-state index contributed by atoms with van der Waals surface area (Å²) in [5, 5.41) is 2.52. The molecule has 98 valence electrons. The predicted molar refractivity (Wildman–Crippen MR) is 67.5 cm³/mol. The first-order chi connectivity index (χ1) is 8.27. The molecule has 18 heavy (non-hydrogen) atoms. The maximum Gasteiger partial charge on any atom is 0.255 e. The number of hydrogen-bond acceptors (Lipinski definition) is 5. The zero-order valence-electron chi connectivity index (χ0n) is 10.6. The lowest BCUT2D eigenvalue weighted by atomic mass is 10.0. The van der Waals surface area contributed by atoms with E-state index in [0.717, 1.165) is 0 Å². The molecule has 0 aliphatic rings. The third kappa shape index (κ3) is 2.95. The first kappa shape index (κ1) is 13.9. The van der Waals surface area contributed by atoms with E-state index in [1.54, 1.807) is 13.0 Å². The molecule has 1 aromatic rings. The maximum absolute atomic E-state index is 12.0. The number of nitrogen functional groups attached to an aromatic ring is 1. The molecular weight excluding hydrogens is 234 g/mol. The van der Waals surface area contributed by atoms with Crippen molar-refractivity contribution in [1.29, 1.82) is 0 Å². The highest BCUT2D eigenvalue weighted by molar-refractivity contribution is 6.02. The van der Waals surface area contributed by atoms with Crippen molar-refractivity contribution in [2.75, 3.05) is 5.43 Å². The van der Waals surface area contributed by atoms with Crippen LogP contribution in [0.1, 0.15) is 29.9 Å². The molecule has 7 heteroatoms. The summed E-state index contributed by atoms with van der Waals surface area (Å²) in [7, 11) is 0. The van der Waals surface area contributed by atoms with Crippen molar-refractivity contribution in [2.45, 2.75) is 26.3 Å². The number of hydrazine groups is 1. The summed E-state index contributed by atoms with van der Waals surface area (Å²) in [4.78, 5) is 27.2. The molecule has 0 fully saturated rings. The Balaban J connectivity index is 3.01. The van der Waals surface area contributed by atoms with Crippen molar-refractivity contribution in [1.82, 2.24) is 10.3 Å². The smallest absolute Gasteiger partial charge is 0.255 e. The first-order valence-electron chi connectivity index (χ1n) is 5.33. The fourth-order valence-corrected chi connectivity index (χ4v) is 1.27. The van der Waals surface area contributed by atoms with E-state index < -0.39 is 17.4 Å². The molecule has 0 unspecified atom stereocenters. The Morgan fingerprint density at radius 2 is 2.00 bits per heavy atom. The van der Waals surface area contributed by atoms with Gasteiger partial charge in [0, 0.05) is 11.9 Å². The molecule has 1 rings (SSSR count). The number of primary amides is 1. The van der Waals surface area contributed by atoms with Crippen molar-refractivity contribution < 1.29 is 9.59 Å². The number of carbonyl (C=O) groups excluding carboxylic acids is 2. The summed E-state index contributed by atoms with van der Waals surface area (Å²) >= 11 is 0. The van der Waals surface area contributed by atoms with Gasteiger partial charge in [-0.15, -0.1) is 0 Å². The summed E-state index contributed by atoms with van der Waals surface area (Å²) in [6.45, 7) is 4.81. The zero-order chi connectivity index (χ0) is 13.9. The van der Waals surface area contributed by atoms with Gasteiger partial charge in [-0.25, -0.2) is 0 Å². The third-order valence-corrected chi connectivity index (χ3v) is 2.48. The highest BCUT2D eigenvalue weighted by Gasteiger charge is 2.28. The molecule has 0 aromatic carbocycles. The molecule has 0 radical (unpaired) electrons. The first-order valence-corrected chi connectivity index (χ1v) is 5.33. The lowest BCUT2D eigenvalue weighted by molar-refractivity contribution is -0.122. The quantitative estimate of drug-likeness (QED) is 0.431. The second-order valence-corrected chi connectivity index (χ2v) is 4.46. The molecule has 0 aliphatic heterocycles. The average molecular weight is 251 g/mol. The van der Waals surface area contributed by atoms with Gasteiger partial charge in [0.05, 0.1) is 11.3 Å². The van der Waals surface area contributed by atoms with Gasteiger partial charge < -0.3 is 16.5 Å². The normalized spacial score (nSPS) is 10.9. The number of pyridine rings is 1. The van der Waals surface area contributed by atoms with E-state index in [4.69, 9.17) is 11.6 Å². The van der Waals surface area contributed by atoms with Gasteiger partial charge >= 0.3 is 0 Å². The topological polar surface area (TPSA) is 123 Å². The number of anilines is 1. The van der Waals surface area contributed by atoms with Gasteiger partial charge in [-0.05, 0) is 26.8 Å². The lowest BCUT2D eigenvalue weighted by Gasteiger charge is -2.22. The highest BCUT2D eigenvalue weighted by atomic mass is 16.2. The van der Waals surface area contributed by atoms with Crippen LogP contribution in [0.5, 0.6) is 0 Å². The van der Waals surface area contributed by atoms with Gasteiger partial charge in [0.2, 0.25) is 5.91 Å². The minimum atomic E-state index is -1.15. The summed E-state index contributed by atoms with van der Waals surface area (Å²) in [6, 6.07) is 1.63. The van der Waals surface area contributed by atoms with Crippen LogP contribution in [0.4, 0.5) is 5.69 Å². The molecule has 2 amide bonds. The summed E-state index contributed by atoms with van der Waals surface area (Å²) in [5.41, 5.74) is 7.85. The number of aromatic nitrogens is 1. The number of carbonyl (C=O) groups is 2. The van der Waals surface area contributed by atoms with Crippen LogP contribution in [0.25, 0.3) is 0 Å². The van der Waals surface area contributed by atoms with Crippen molar-refractivity contribution in [3.05, 3.63) is 23.5 Å². The second kappa shape index (κ2) is 5.01. The minimum Gasteiger partial charge on any atom is -0.368 e. The van der Waals surface area contributed by atoms with Crippen LogP contribution in [0, 0.1) is 6.92 Å². The van der Waals surface area contributed by atoms with Crippen LogP contribution >= 0.6 is 0 Å². The molecule has 0 atom stereocenters. The fraction of sp³-hybridized carbons (Fsp3) is 0.364. The monoisotopic (exact) mass is 251 g/mol. The lowest BCUT2D eigenvalue weighted by Crippen LogP contribution is -2.53. The average Bonchev–Trinajstić information content (AvgIpc) is 2.27. The number of aryl methyl sites for hydroxylation is 1. The Hall–Kier alpha value is -2.15. The largest absolute Gasteiger partial charge is 0.368 e. The fourth-order valence-electron chi connectivity index (χ4n) is 1.27. The van der Waals surface area contributed by atoms with Gasteiger partial charge in [-0.2, -0.15) is 0 Å². The van der Waals surface area contributed by atoms with Crippen LogP contribution in [0.3, 0.4) is 0 Å². The molecule has 0 bridgehead atoms. The number of nitrogens with zero attached hydrogens (tertiary/aromatic N) is 1. The minimum absolute atomic E-state index is 0.248. The zero-order valence-corrected chi connectivity index (χ0v) is 10.6. The van der Waals surface area contributed by atoms with Crippen LogP contribution < -0.4 is 22.3 Å².